The van der Waals surface area contributed by atoms with Crippen molar-refractivity contribution in [3.8, 4) is 11.1 Å². The van der Waals surface area contributed by atoms with E-state index in [9.17, 15) is 5.11 Å². The van der Waals surface area contributed by atoms with Gasteiger partial charge in [0.2, 0.25) is 0 Å². The Hall–Kier alpha value is -1.72. The summed E-state index contributed by atoms with van der Waals surface area (Å²) in [6, 6.07) is 17.1. The molecule has 4 heteroatoms. The zero-order valence-corrected chi connectivity index (χ0v) is 16.9. The Bertz CT molecular complexity index is 684. The van der Waals surface area contributed by atoms with Gasteiger partial charge in [0.05, 0.1) is 26.7 Å². The van der Waals surface area contributed by atoms with Crippen LogP contribution in [0.1, 0.15) is 31.1 Å². The summed E-state index contributed by atoms with van der Waals surface area (Å²) in [4.78, 5) is 2.76. The average molecular weight is 371 g/mol. The number of hydrogen-bond acceptors (Lipinski definition) is 2. The van der Waals surface area contributed by atoms with Crippen LogP contribution < -0.4 is 9.80 Å². The van der Waals surface area contributed by atoms with Gasteiger partial charge in [-0.05, 0) is 36.1 Å². The fourth-order valence-electron chi connectivity index (χ4n) is 4.09. The number of aliphatic hydroxyl groups excluding tert-OH is 1. The van der Waals surface area contributed by atoms with Crippen LogP contribution in [-0.2, 0) is 4.74 Å². The van der Waals surface area contributed by atoms with E-state index in [-0.39, 0.29) is 12.2 Å². The summed E-state index contributed by atoms with van der Waals surface area (Å²) in [7, 11) is 2.14. The van der Waals surface area contributed by atoms with Crippen LogP contribution in [0.15, 0.2) is 48.5 Å². The molecule has 2 aromatic rings. The SMILES string of the molecule is CC[NH+](CC)CC(O)C[NH+](C)CCOC1c2ccccc2-c2ccccc21. The molecule has 0 spiro atoms. The molecule has 4 nitrogen and oxygen atoms in total. The van der Waals surface area contributed by atoms with Gasteiger partial charge in [0.15, 0.2) is 6.10 Å². The molecule has 0 aromatic heterocycles. The Balaban J connectivity index is 1.53. The summed E-state index contributed by atoms with van der Waals surface area (Å²) in [5.41, 5.74) is 5.11. The van der Waals surface area contributed by atoms with Crippen LogP contribution in [0.4, 0.5) is 0 Å². The highest BCUT2D eigenvalue weighted by atomic mass is 16.5. The van der Waals surface area contributed by atoms with Crippen molar-refractivity contribution in [2.24, 2.45) is 0 Å². The van der Waals surface area contributed by atoms with Gasteiger partial charge in [-0.1, -0.05) is 48.5 Å². The topological polar surface area (TPSA) is 38.3 Å². The monoisotopic (exact) mass is 370 g/mol. The van der Waals surface area contributed by atoms with Gasteiger partial charge in [0.25, 0.3) is 0 Å². The number of likely N-dealkylation sites (N-methyl/N-ethyl adjacent to an activating group) is 2. The van der Waals surface area contributed by atoms with Gasteiger partial charge >= 0.3 is 0 Å². The molecule has 0 bridgehead atoms. The minimum absolute atomic E-state index is 0.0234. The number of benzene rings is 2. The van der Waals surface area contributed by atoms with Crippen LogP contribution >= 0.6 is 0 Å². The average Bonchev–Trinajstić information content (AvgIpc) is 3.00. The molecule has 146 valence electrons. The van der Waals surface area contributed by atoms with Gasteiger partial charge in [0, 0.05) is 0 Å². The zero-order chi connectivity index (χ0) is 19.2. The van der Waals surface area contributed by atoms with Gasteiger partial charge < -0.3 is 19.6 Å². The van der Waals surface area contributed by atoms with E-state index in [0.717, 1.165) is 32.7 Å². The number of hydrogen-bond donors (Lipinski definition) is 3. The van der Waals surface area contributed by atoms with Crippen molar-refractivity contribution in [2.45, 2.75) is 26.1 Å². The van der Waals surface area contributed by atoms with Crippen molar-refractivity contribution < 1.29 is 19.6 Å². The summed E-state index contributed by atoms with van der Waals surface area (Å²) in [6.07, 6.45) is -0.233. The molecule has 1 aliphatic rings. The number of fused-ring (bicyclic) bond motifs is 3. The molecule has 3 rings (SSSR count). The lowest BCUT2D eigenvalue weighted by atomic mass is 10.1. The van der Waals surface area contributed by atoms with Crippen LogP contribution in [0.3, 0.4) is 0 Å². The number of ether oxygens (including phenoxy) is 1. The third kappa shape index (κ3) is 4.77. The third-order valence-electron chi connectivity index (χ3n) is 5.70. The molecule has 2 atom stereocenters. The van der Waals surface area contributed by atoms with Crippen LogP contribution in [-0.4, -0.2) is 57.6 Å². The Morgan fingerprint density at radius 3 is 2.04 bits per heavy atom. The van der Waals surface area contributed by atoms with E-state index < -0.39 is 0 Å². The van der Waals surface area contributed by atoms with Crippen LogP contribution in [0.25, 0.3) is 11.1 Å². The summed E-state index contributed by atoms with van der Waals surface area (Å²) in [5, 5.41) is 10.3. The van der Waals surface area contributed by atoms with Crippen molar-refractivity contribution in [1.82, 2.24) is 0 Å². The predicted octanol–water partition coefficient (Wildman–Crippen LogP) is 0.573. The van der Waals surface area contributed by atoms with Gasteiger partial charge in [-0.15, -0.1) is 0 Å². The maximum absolute atomic E-state index is 10.3. The van der Waals surface area contributed by atoms with Crippen molar-refractivity contribution in [2.75, 3.05) is 46.4 Å². The smallest absolute Gasteiger partial charge is 0.152 e. The van der Waals surface area contributed by atoms with Crippen LogP contribution in [0.2, 0.25) is 0 Å². The Kier molecular flexibility index (Phi) is 7.02. The lowest BCUT2D eigenvalue weighted by molar-refractivity contribution is -0.915. The maximum atomic E-state index is 10.3. The molecule has 0 heterocycles. The minimum atomic E-state index is -0.257. The molecule has 2 unspecified atom stereocenters. The lowest BCUT2D eigenvalue weighted by Gasteiger charge is -2.22. The van der Waals surface area contributed by atoms with Gasteiger partial charge in [-0.2, -0.15) is 0 Å². The fourth-order valence-corrected chi connectivity index (χ4v) is 4.09. The Morgan fingerprint density at radius 1 is 0.926 bits per heavy atom. The van der Waals surface area contributed by atoms with E-state index in [1.54, 1.807) is 0 Å². The van der Waals surface area contributed by atoms with Crippen molar-refractivity contribution in [3.63, 3.8) is 0 Å². The number of nitrogens with one attached hydrogen (secondary N) is 2. The first-order chi connectivity index (χ1) is 13.1. The number of aliphatic hydroxyl groups is 1. The number of rotatable bonds is 10. The second-order valence-corrected chi connectivity index (χ2v) is 7.65. The summed E-state index contributed by atoms with van der Waals surface area (Å²) in [5.74, 6) is 0. The van der Waals surface area contributed by atoms with E-state index in [4.69, 9.17) is 4.74 Å². The van der Waals surface area contributed by atoms with Crippen molar-refractivity contribution >= 4 is 0 Å². The van der Waals surface area contributed by atoms with E-state index in [0.29, 0.717) is 6.61 Å². The number of quaternary nitrogens is 2. The Morgan fingerprint density at radius 2 is 1.48 bits per heavy atom. The highest BCUT2D eigenvalue weighted by molar-refractivity contribution is 5.77. The summed E-state index contributed by atoms with van der Waals surface area (Å²) < 4.78 is 6.32. The molecular weight excluding hydrogens is 336 g/mol. The first-order valence-electron chi connectivity index (χ1n) is 10.3. The van der Waals surface area contributed by atoms with Crippen LogP contribution in [0.5, 0.6) is 0 Å². The quantitative estimate of drug-likeness (QED) is 0.572. The predicted molar refractivity (Wildman–Crippen MR) is 109 cm³/mol. The van der Waals surface area contributed by atoms with E-state index in [2.05, 4.69) is 69.4 Å². The first kappa shape index (κ1) is 20.0. The molecule has 0 fully saturated rings. The molecule has 3 N–H and O–H groups in total. The molecule has 0 radical (unpaired) electrons. The van der Waals surface area contributed by atoms with E-state index in [1.807, 2.05) is 0 Å². The Labute approximate surface area is 163 Å². The minimum Gasteiger partial charge on any atom is -0.382 e. The van der Waals surface area contributed by atoms with Crippen molar-refractivity contribution in [3.05, 3.63) is 59.7 Å². The summed E-state index contributed by atoms with van der Waals surface area (Å²) >= 11 is 0. The normalized spacial score (nSPS) is 15.6. The van der Waals surface area contributed by atoms with Gasteiger partial charge in [-0.3, -0.25) is 0 Å². The standard InChI is InChI=1S/C23H32N2O2/c1-4-25(5-2)17-18(26)16-24(3)14-15-27-23-21-12-8-6-10-19(21)20-11-7-9-13-22(20)23/h6-13,18,23,26H,4-5,14-17H2,1-3H3/p+2. The molecule has 0 amide bonds. The zero-order valence-electron chi connectivity index (χ0n) is 16.9. The molecule has 1 aliphatic carbocycles. The maximum Gasteiger partial charge on any atom is 0.152 e. The molecule has 27 heavy (non-hydrogen) atoms. The van der Waals surface area contributed by atoms with Crippen LogP contribution in [0, 0.1) is 0 Å². The second-order valence-electron chi connectivity index (χ2n) is 7.65. The second kappa shape index (κ2) is 9.47. The molecule has 2 aromatic carbocycles. The van der Waals surface area contributed by atoms with Gasteiger partial charge in [-0.25, -0.2) is 0 Å². The van der Waals surface area contributed by atoms with E-state index in [1.165, 1.54) is 32.1 Å². The first-order valence-corrected chi connectivity index (χ1v) is 10.3. The molecule has 0 aliphatic heterocycles. The molecular formula is C23H34N2O2+2. The van der Waals surface area contributed by atoms with Crippen molar-refractivity contribution in [1.29, 1.82) is 0 Å². The fraction of sp³-hybridized carbons (Fsp3) is 0.478. The third-order valence-corrected chi connectivity index (χ3v) is 5.70. The van der Waals surface area contributed by atoms with E-state index >= 15 is 0 Å². The lowest BCUT2D eigenvalue weighted by Crippen LogP contribution is -3.15. The highest BCUT2D eigenvalue weighted by Crippen LogP contribution is 2.44. The summed E-state index contributed by atoms with van der Waals surface area (Å²) in [6.45, 7) is 9.65. The molecule has 0 saturated heterocycles. The molecule has 0 saturated carbocycles. The highest BCUT2D eigenvalue weighted by Gasteiger charge is 2.28. The largest absolute Gasteiger partial charge is 0.382 e. The van der Waals surface area contributed by atoms with Gasteiger partial charge in [0.1, 0.15) is 25.7 Å².